The van der Waals surface area contributed by atoms with Crippen LogP contribution in [0.4, 0.5) is 11.4 Å². The molecule has 1 atom stereocenters. The molecule has 1 aliphatic carbocycles. The van der Waals surface area contributed by atoms with E-state index in [0.717, 1.165) is 12.5 Å². The SMILES string of the molecule is CC1Oc2ccc(NC(=O)CNCC3CC3)cc2NC1=O. The normalized spacial score (nSPS) is 20.2. The lowest BCUT2D eigenvalue weighted by molar-refractivity contribution is -0.122. The second kappa shape index (κ2) is 5.73. The minimum Gasteiger partial charge on any atom is -0.479 e. The van der Waals surface area contributed by atoms with Crippen LogP contribution in [0.1, 0.15) is 19.8 Å². The van der Waals surface area contributed by atoms with Gasteiger partial charge in [-0.05, 0) is 50.4 Å². The number of benzene rings is 1. The van der Waals surface area contributed by atoms with Gasteiger partial charge in [-0.1, -0.05) is 0 Å². The fraction of sp³-hybridized carbons (Fsp3) is 0.467. The van der Waals surface area contributed by atoms with Crippen molar-refractivity contribution in [2.75, 3.05) is 23.7 Å². The fourth-order valence-electron chi connectivity index (χ4n) is 2.20. The highest BCUT2D eigenvalue weighted by atomic mass is 16.5. The molecule has 3 rings (SSSR count). The van der Waals surface area contributed by atoms with E-state index in [-0.39, 0.29) is 11.8 Å². The number of carbonyl (C=O) groups is 2. The first-order valence-corrected chi connectivity index (χ1v) is 7.24. The Hall–Kier alpha value is -2.08. The van der Waals surface area contributed by atoms with E-state index < -0.39 is 6.10 Å². The molecule has 0 spiro atoms. The zero-order valence-corrected chi connectivity index (χ0v) is 11.9. The van der Waals surface area contributed by atoms with Crippen LogP contribution >= 0.6 is 0 Å². The number of ether oxygens (including phenoxy) is 1. The van der Waals surface area contributed by atoms with Gasteiger partial charge in [0.15, 0.2) is 6.10 Å². The summed E-state index contributed by atoms with van der Waals surface area (Å²) in [5, 5.41) is 8.70. The van der Waals surface area contributed by atoms with Crippen LogP contribution in [0.15, 0.2) is 18.2 Å². The summed E-state index contributed by atoms with van der Waals surface area (Å²) in [6.07, 6.45) is 2.03. The molecule has 6 heteroatoms. The van der Waals surface area contributed by atoms with Gasteiger partial charge in [-0.3, -0.25) is 9.59 Å². The second-order valence-electron chi connectivity index (χ2n) is 5.58. The molecule has 1 aromatic carbocycles. The fourth-order valence-corrected chi connectivity index (χ4v) is 2.20. The monoisotopic (exact) mass is 289 g/mol. The molecule has 1 saturated carbocycles. The lowest BCUT2D eigenvalue weighted by Gasteiger charge is -2.23. The minimum absolute atomic E-state index is 0.0907. The van der Waals surface area contributed by atoms with E-state index in [1.807, 2.05) is 0 Å². The van der Waals surface area contributed by atoms with E-state index in [0.29, 0.717) is 23.7 Å². The highest BCUT2D eigenvalue weighted by Crippen LogP contribution is 2.32. The van der Waals surface area contributed by atoms with Gasteiger partial charge in [-0.15, -0.1) is 0 Å². The molecule has 2 amide bonds. The molecule has 3 N–H and O–H groups in total. The summed E-state index contributed by atoms with van der Waals surface area (Å²) in [7, 11) is 0. The van der Waals surface area contributed by atoms with Crippen LogP contribution < -0.4 is 20.7 Å². The third-order valence-corrected chi connectivity index (χ3v) is 3.61. The summed E-state index contributed by atoms with van der Waals surface area (Å²) in [5.74, 6) is 1.09. The van der Waals surface area contributed by atoms with Crippen LogP contribution in [0, 0.1) is 5.92 Å². The predicted molar refractivity (Wildman–Crippen MR) is 79.4 cm³/mol. The van der Waals surface area contributed by atoms with Crippen LogP contribution in [0.5, 0.6) is 5.75 Å². The first-order chi connectivity index (χ1) is 10.1. The summed E-state index contributed by atoms with van der Waals surface area (Å²) < 4.78 is 5.47. The number of carbonyl (C=O) groups excluding carboxylic acids is 2. The number of rotatable bonds is 5. The van der Waals surface area contributed by atoms with Gasteiger partial charge in [0.1, 0.15) is 5.75 Å². The van der Waals surface area contributed by atoms with Crippen LogP contribution in [-0.4, -0.2) is 31.0 Å². The van der Waals surface area contributed by atoms with Gasteiger partial charge in [0.2, 0.25) is 5.91 Å². The van der Waals surface area contributed by atoms with Crippen molar-refractivity contribution < 1.29 is 14.3 Å². The predicted octanol–water partition coefficient (Wildman–Crippen LogP) is 1.34. The molecular weight excluding hydrogens is 270 g/mol. The van der Waals surface area contributed by atoms with Gasteiger partial charge in [0, 0.05) is 5.69 Å². The molecule has 2 aliphatic rings. The highest BCUT2D eigenvalue weighted by molar-refractivity contribution is 5.99. The topological polar surface area (TPSA) is 79.5 Å². The number of nitrogens with one attached hydrogen (secondary N) is 3. The molecule has 0 aromatic heterocycles. The Morgan fingerprint density at radius 3 is 3.00 bits per heavy atom. The number of fused-ring (bicyclic) bond motifs is 1. The van der Waals surface area contributed by atoms with Crippen LogP contribution in [0.2, 0.25) is 0 Å². The Balaban J connectivity index is 1.57. The molecule has 0 radical (unpaired) electrons. The van der Waals surface area contributed by atoms with Crippen molar-refractivity contribution >= 4 is 23.2 Å². The van der Waals surface area contributed by atoms with Crippen molar-refractivity contribution in [3.8, 4) is 5.75 Å². The molecule has 1 aromatic rings. The summed E-state index contributed by atoms with van der Waals surface area (Å²) in [6, 6.07) is 5.22. The third kappa shape index (κ3) is 3.52. The summed E-state index contributed by atoms with van der Waals surface area (Å²) >= 11 is 0. The summed E-state index contributed by atoms with van der Waals surface area (Å²) in [4.78, 5) is 23.4. The van der Waals surface area contributed by atoms with E-state index >= 15 is 0 Å². The van der Waals surface area contributed by atoms with Crippen molar-refractivity contribution in [3.05, 3.63) is 18.2 Å². The van der Waals surface area contributed by atoms with Crippen molar-refractivity contribution in [1.29, 1.82) is 0 Å². The third-order valence-electron chi connectivity index (χ3n) is 3.61. The van der Waals surface area contributed by atoms with Gasteiger partial charge in [0.05, 0.1) is 12.2 Å². The molecule has 1 unspecified atom stereocenters. The molecule has 21 heavy (non-hydrogen) atoms. The van der Waals surface area contributed by atoms with Gasteiger partial charge in [-0.2, -0.15) is 0 Å². The molecule has 1 fully saturated rings. The van der Waals surface area contributed by atoms with Crippen LogP contribution in [0.3, 0.4) is 0 Å². The average molecular weight is 289 g/mol. The van der Waals surface area contributed by atoms with E-state index in [1.165, 1.54) is 12.8 Å². The van der Waals surface area contributed by atoms with Crippen molar-refractivity contribution in [3.63, 3.8) is 0 Å². The largest absolute Gasteiger partial charge is 0.479 e. The Morgan fingerprint density at radius 2 is 2.24 bits per heavy atom. The van der Waals surface area contributed by atoms with Crippen molar-refractivity contribution in [1.82, 2.24) is 5.32 Å². The van der Waals surface area contributed by atoms with E-state index in [1.54, 1.807) is 25.1 Å². The average Bonchev–Trinajstić information content (AvgIpc) is 3.24. The number of hydrogen-bond donors (Lipinski definition) is 3. The van der Waals surface area contributed by atoms with Gasteiger partial charge in [-0.25, -0.2) is 0 Å². The van der Waals surface area contributed by atoms with Gasteiger partial charge < -0.3 is 20.7 Å². The smallest absolute Gasteiger partial charge is 0.265 e. The number of anilines is 2. The van der Waals surface area contributed by atoms with Crippen molar-refractivity contribution in [2.45, 2.75) is 25.9 Å². The molecule has 1 heterocycles. The standard InChI is InChI=1S/C15H19N3O3/c1-9-15(20)18-12-6-11(4-5-13(12)21-9)17-14(19)8-16-7-10-2-3-10/h4-6,9-10,16H,2-3,7-8H2,1H3,(H,17,19)(H,18,20). The Labute approximate surface area is 123 Å². The maximum Gasteiger partial charge on any atom is 0.265 e. The highest BCUT2D eigenvalue weighted by Gasteiger charge is 2.24. The number of hydrogen-bond acceptors (Lipinski definition) is 4. The Morgan fingerprint density at radius 1 is 1.43 bits per heavy atom. The van der Waals surface area contributed by atoms with Gasteiger partial charge in [0.25, 0.3) is 5.91 Å². The molecule has 0 saturated heterocycles. The molecule has 6 nitrogen and oxygen atoms in total. The second-order valence-corrected chi connectivity index (χ2v) is 5.58. The van der Waals surface area contributed by atoms with Gasteiger partial charge >= 0.3 is 0 Å². The molecule has 112 valence electrons. The molecule has 0 bridgehead atoms. The van der Waals surface area contributed by atoms with Crippen LogP contribution in [0.25, 0.3) is 0 Å². The lowest BCUT2D eigenvalue weighted by atomic mass is 10.2. The number of amides is 2. The zero-order valence-electron chi connectivity index (χ0n) is 11.9. The van der Waals surface area contributed by atoms with Crippen LogP contribution in [-0.2, 0) is 9.59 Å². The zero-order chi connectivity index (χ0) is 14.8. The molecular formula is C15H19N3O3. The Kier molecular flexibility index (Phi) is 3.79. The van der Waals surface area contributed by atoms with E-state index in [2.05, 4.69) is 16.0 Å². The first kappa shape index (κ1) is 13.9. The Bertz CT molecular complexity index is 569. The summed E-state index contributed by atoms with van der Waals surface area (Å²) in [6.45, 7) is 2.90. The summed E-state index contributed by atoms with van der Waals surface area (Å²) in [5.41, 5.74) is 1.23. The minimum atomic E-state index is -0.496. The maximum absolute atomic E-state index is 11.8. The first-order valence-electron chi connectivity index (χ1n) is 7.24. The lowest BCUT2D eigenvalue weighted by Crippen LogP contribution is -2.34. The van der Waals surface area contributed by atoms with E-state index in [9.17, 15) is 9.59 Å². The van der Waals surface area contributed by atoms with E-state index in [4.69, 9.17) is 4.74 Å². The maximum atomic E-state index is 11.8. The molecule has 1 aliphatic heterocycles. The van der Waals surface area contributed by atoms with Crippen molar-refractivity contribution in [2.24, 2.45) is 5.92 Å². The quantitative estimate of drug-likeness (QED) is 0.764.